The van der Waals surface area contributed by atoms with E-state index in [9.17, 15) is 0 Å². The summed E-state index contributed by atoms with van der Waals surface area (Å²) in [6.07, 6.45) is 17.1. The standard InChI is InChI=1S/C17H32/c1-16(2)14-12-10-8-6-5-7-9-11-13-15-17(16,3)4/h6,8H,5,7,9-15H2,1-4H3. The molecule has 1 aliphatic carbocycles. The fraction of sp³-hybridized carbons (Fsp3) is 0.882. The van der Waals surface area contributed by atoms with Crippen LogP contribution in [0.3, 0.4) is 0 Å². The van der Waals surface area contributed by atoms with Crippen LogP contribution in [0.4, 0.5) is 0 Å². The molecule has 1 rings (SSSR count). The molecular weight excluding hydrogens is 204 g/mol. The van der Waals surface area contributed by atoms with Crippen LogP contribution in [0.2, 0.25) is 0 Å². The maximum atomic E-state index is 2.47. The van der Waals surface area contributed by atoms with Crippen molar-refractivity contribution in [2.75, 3.05) is 0 Å². The fourth-order valence-electron chi connectivity index (χ4n) is 2.76. The van der Waals surface area contributed by atoms with Crippen LogP contribution in [0.25, 0.3) is 0 Å². The maximum absolute atomic E-state index is 2.47. The van der Waals surface area contributed by atoms with Gasteiger partial charge in [-0.25, -0.2) is 0 Å². The Morgan fingerprint density at radius 3 is 1.71 bits per heavy atom. The van der Waals surface area contributed by atoms with E-state index < -0.39 is 0 Å². The Labute approximate surface area is 109 Å². The smallest absolute Gasteiger partial charge is 0.0303 e. The van der Waals surface area contributed by atoms with E-state index in [-0.39, 0.29) is 0 Å². The lowest BCUT2D eigenvalue weighted by Crippen LogP contribution is -2.32. The lowest BCUT2D eigenvalue weighted by molar-refractivity contribution is 0.0827. The summed E-state index contributed by atoms with van der Waals surface area (Å²) in [7, 11) is 0. The summed E-state index contributed by atoms with van der Waals surface area (Å²) < 4.78 is 0. The van der Waals surface area contributed by atoms with Crippen molar-refractivity contribution in [3.8, 4) is 0 Å². The molecular formula is C17H32. The monoisotopic (exact) mass is 236 g/mol. The van der Waals surface area contributed by atoms with E-state index in [2.05, 4.69) is 39.8 Å². The minimum absolute atomic E-state index is 0.481. The number of hydrogen-bond donors (Lipinski definition) is 0. The lowest BCUT2D eigenvalue weighted by atomic mass is 9.63. The predicted octanol–water partition coefficient (Wildman–Crippen LogP) is 6.12. The van der Waals surface area contributed by atoms with E-state index in [1.807, 2.05) is 0 Å². The molecule has 0 atom stereocenters. The Kier molecular flexibility index (Phi) is 5.76. The molecule has 0 spiro atoms. The van der Waals surface area contributed by atoms with Crippen molar-refractivity contribution >= 4 is 0 Å². The predicted molar refractivity (Wildman–Crippen MR) is 78.3 cm³/mol. The van der Waals surface area contributed by atoms with Gasteiger partial charge in [-0.05, 0) is 49.4 Å². The summed E-state index contributed by atoms with van der Waals surface area (Å²) in [6.45, 7) is 9.89. The van der Waals surface area contributed by atoms with Crippen LogP contribution < -0.4 is 0 Å². The Balaban J connectivity index is 2.59. The van der Waals surface area contributed by atoms with Crippen LogP contribution >= 0.6 is 0 Å². The Morgan fingerprint density at radius 2 is 1.06 bits per heavy atom. The molecule has 100 valence electrons. The zero-order valence-electron chi connectivity index (χ0n) is 12.5. The highest BCUT2D eigenvalue weighted by Crippen LogP contribution is 2.46. The third-order valence-electron chi connectivity index (χ3n) is 5.09. The zero-order valence-corrected chi connectivity index (χ0v) is 12.5. The molecule has 0 aromatic carbocycles. The number of rotatable bonds is 0. The van der Waals surface area contributed by atoms with Crippen molar-refractivity contribution in [3.05, 3.63) is 12.2 Å². The molecule has 0 saturated carbocycles. The summed E-state index contributed by atoms with van der Waals surface area (Å²) in [5.74, 6) is 0. The molecule has 0 unspecified atom stereocenters. The summed E-state index contributed by atoms with van der Waals surface area (Å²) >= 11 is 0. The van der Waals surface area contributed by atoms with Gasteiger partial charge < -0.3 is 0 Å². The van der Waals surface area contributed by atoms with E-state index in [0.717, 1.165) is 0 Å². The normalized spacial score (nSPS) is 26.6. The molecule has 0 heterocycles. The fourth-order valence-corrected chi connectivity index (χ4v) is 2.76. The average molecular weight is 236 g/mol. The highest BCUT2D eigenvalue weighted by molar-refractivity contribution is 4.88. The number of allylic oxidation sites excluding steroid dienone is 2. The van der Waals surface area contributed by atoms with Gasteiger partial charge in [0.2, 0.25) is 0 Å². The Hall–Kier alpha value is -0.260. The molecule has 0 radical (unpaired) electrons. The van der Waals surface area contributed by atoms with Crippen molar-refractivity contribution in [2.45, 2.75) is 85.5 Å². The van der Waals surface area contributed by atoms with Crippen molar-refractivity contribution in [1.29, 1.82) is 0 Å². The van der Waals surface area contributed by atoms with Gasteiger partial charge in [-0.1, -0.05) is 59.1 Å². The summed E-state index contributed by atoms with van der Waals surface area (Å²) in [4.78, 5) is 0. The van der Waals surface area contributed by atoms with Crippen LogP contribution in [0, 0.1) is 10.8 Å². The molecule has 0 aromatic rings. The second-order valence-electron chi connectivity index (χ2n) is 7.08. The molecule has 0 N–H and O–H groups in total. The van der Waals surface area contributed by atoms with Gasteiger partial charge in [0.25, 0.3) is 0 Å². The quantitative estimate of drug-likeness (QED) is 0.444. The van der Waals surface area contributed by atoms with Crippen LogP contribution in [-0.4, -0.2) is 0 Å². The van der Waals surface area contributed by atoms with E-state index in [1.165, 1.54) is 57.8 Å². The molecule has 0 aliphatic heterocycles. The van der Waals surface area contributed by atoms with Crippen LogP contribution in [0.15, 0.2) is 12.2 Å². The highest BCUT2D eigenvalue weighted by atomic mass is 14.4. The topological polar surface area (TPSA) is 0 Å². The first kappa shape index (κ1) is 14.8. The van der Waals surface area contributed by atoms with Gasteiger partial charge in [-0.15, -0.1) is 0 Å². The second-order valence-corrected chi connectivity index (χ2v) is 7.08. The minimum atomic E-state index is 0.481. The lowest BCUT2D eigenvalue weighted by Gasteiger charge is -2.42. The van der Waals surface area contributed by atoms with Crippen LogP contribution in [0.1, 0.15) is 85.5 Å². The van der Waals surface area contributed by atoms with Crippen LogP contribution in [0.5, 0.6) is 0 Å². The second kappa shape index (κ2) is 6.61. The van der Waals surface area contributed by atoms with E-state index in [0.29, 0.717) is 10.8 Å². The minimum Gasteiger partial charge on any atom is -0.0885 e. The van der Waals surface area contributed by atoms with E-state index >= 15 is 0 Å². The van der Waals surface area contributed by atoms with Gasteiger partial charge in [0, 0.05) is 0 Å². The third kappa shape index (κ3) is 4.85. The first-order valence-electron chi connectivity index (χ1n) is 7.61. The van der Waals surface area contributed by atoms with Gasteiger partial charge in [0.1, 0.15) is 0 Å². The molecule has 0 bridgehead atoms. The SMILES string of the molecule is CC1(C)CCCC=CCCCCCCC1(C)C. The molecule has 0 nitrogen and oxygen atoms in total. The maximum Gasteiger partial charge on any atom is -0.0303 e. The molecule has 17 heavy (non-hydrogen) atoms. The van der Waals surface area contributed by atoms with E-state index in [1.54, 1.807) is 0 Å². The van der Waals surface area contributed by atoms with Gasteiger partial charge in [-0.3, -0.25) is 0 Å². The van der Waals surface area contributed by atoms with Crippen molar-refractivity contribution in [3.63, 3.8) is 0 Å². The molecule has 0 fully saturated rings. The van der Waals surface area contributed by atoms with Gasteiger partial charge in [0.05, 0.1) is 0 Å². The Bertz CT molecular complexity index is 232. The largest absolute Gasteiger partial charge is 0.0885 e. The first-order chi connectivity index (χ1) is 7.96. The summed E-state index contributed by atoms with van der Waals surface area (Å²) in [5.41, 5.74) is 0.972. The highest BCUT2D eigenvalue weighted by Gasteiger charge is 2.35. The molecule has 0 amide bonds. The van der Waals surface area contributed by atoms with Crippen molar-refractivity contribution in [2.24, 2.45) is 10.8 Å². The summed E-state index contributed by atoms with van der Waals surface area (Å²) in [5, 5.41) is 0. The number of hydrogen-bond acceptors (Lipinski definition) is 0. The van der Waals surface area contributed by atoms with Crippen molar-refractivity contribution < 1.29 is 0 Å². The average Bonchev–Trinajstić information content (AvgIpc) is 2.25. The van der Waals surface area contributed by atoms with Gasteiger partial charge >= 0.3 is 0 Å². The molecule has 0 saturated heterocycles. The van der Waals surface area contributed by atoms with Crippen molar-refractivity contribution in [1.82, 2.24) is 0 Å². The van der Waals surface area contributed by atoms with Crippen LogP contribution in [-0.2, 0) is 0 Å². The van der Waals surface area contributed by atoms with E-state index in [4.69, 9.17) is 0 Å². The first-order valence-corrected chi connectivity index (χ1v) is 7.61. The summed E-state index contributed by atoms with van der Waals surface area (Å²) in [6, 6.07) is 0. The molecule has 0 heteroatoms. The third-order valence-corrected chi connectivity index (χ3v) is 5.09. The molecule has 1 aliphatic rings. The Morgan fingerprint density at radius 1 is 0.588 bits per heavy atom. The molecule has 0 aromatic heterocycles. The zero-order chi connectivity index (χ0) is 12.8. The van der Waals surface area contributed by atoms with Gasteiger partial charge in [0.15, 0.2) is 0 Å². The van der Waals surface area contributed by atoms with Gasteiger partial charge in [-0.2, -0.15) is 0 Å².